The average Bonchev–Trinajstić information content (AvgIpc) is 2.22. The van der Waals surface area contributed by atoms with Gasteiger partial charge in [-0.25, -0.2) is 0 Å². The minimum Gasteiger partial charge on any atom is -0.370 e. The zero-order chi connectivity index (χ0) is 12.2. The fraction of sp³-hybridized carbons (Fsp3) is 0.923. The van der Waals surface area contributed by atoms with Gasteiger partial charge in [-0.3, -0.25) is 4.79 Å². The van der Waals surface area contributed by atoms with E-state index < -0.39 is 0 Å². The molecule has 1 aliphatic rings. The summed E-state index contributed by atoms with van der Waals surface area (Å²) in [5, 5.41) is 3.60. The third kappa shape index (κ3) is 2.97. The molecule has 94 valence electrons. The van der Waals surface area contributed by atoms with E-state index in [0.717, 1.165) is 19.4 Å². The summed E-state index contributed by atoms with van der Waals surface area (Å²) in [5.41, 5.74) is 5.37. The van der Waals surface area contributed by atoms with Crippen molar-refractivity contribution in [2.45, 2.75) is 58.4 Å². The van der Waals surface area contributed by atoms with E-state index in [1.54, 1.807) is 0 Å². The van der Waals surface area contributed by atoms with Gasteiger partial charge in [0.1, 0.15) is 0 Å². The Morgan fingerprint density at radius 2 is 2.19 bits per heavy atom. The first-order valence-corrected chi connectivity index (χ1v) is 6.55. The smallest absolute Gasteiger partial charge is 0.219 e. The van der Waals surface area contributed by atoms with Crippen LogP contribution in [0.25, 0.3) is 0 Å². The number of carbonyl (C=O) groups is 1. The van der Waals surface area contributed by atoms with Crippen LogP contribution in [-0.2, 0) is 4.79 Å². The number of hydrogen-bond donors (Lipinski definition) is 2. The molecule has 1 rings (SSSR count). The van der Waals surface area contributed by atoms with Gasteiger partial charge in [-0.2, -0.15) is 0 Å². The highest BCUT2D eigenvalue weighted by Gasteiger charge is 2.41. The Morgan fingerprint density at radius 1 is 1.50 bits per heavy atom. The molecule has 0 spiro atoms. The van der Waals surface area contributed by atoms with Crippen molar-refractivity contribution < 1.29 is 4.79 Å². The molecule has 1 fully saturated rings. The molecule has 1 saturated carbocycles. The van der Waals surface area contributed by atoms with Gasteiger partial charge in [0, 0.05) is 12.0 Å². The van der Waals surface area contributed by atoms with E-state index in [-0.39, 0.29) is 11.4 Å². The number of primary amides is 1. The van der Waals surface area contributed by atoms with Crippen LogP contribution in [0.3, 0.4) is 0 Å². The van der Waals surface area contributed by atoms with Crippen molar-refractivity contribution in [1.82, 2.24) is 5.32 Å². The highest BCUT2D eigenvalue weighted by Crippen LogP contribution is 2.39. The lowest BCUT2D eigenvalue weighted by atomic mass is 9.66. The second kappa shape index (κ2) is 5.67. The van der Waals surface area contributed by atoms with E-state index in [2.05, 4.69) is 26.1 Å². The molecule has 3 N–H and O–H groups in total. The Morgan fingerprint density at radius 3 is 2.75 bits per heavy atom. The van der Waals surface area contributed by atoms with Crippen molar-refractivity contribution in [2.75, 3.05) is 6.54 Å². The fourth-order valence-electron chi connectivity index (χ4n) is 3.01. The van der Waals surface area contributed by atoms with E-state index >= 15 is 0 Å². The topological polar surface area (TPSA) is 55.1 Å². The summed E-state index contributed by atoms with van der Waals surface area (Å²) in [7, 11) is 0. The quantitative estimate of drug-likeness (QED) is 0.754. The second-order valence-electron chi connectivity index (χ2n) is 5.38. The third-order valence-electron chi connectivity index (χ3n) is 4.22. The molecule has 3 nitrogen and oxygen atoms in total. The van der Waals surface area contributed by atoms with Crippen molar-refractivity contribution in [3.8, 4) is 0 Å². The monoisotopic (exact) mass is 226 g/mol. The first kappa shape index (κ1) is 13.5. The SMILES string of the molecule is CCCNC1(CC(N)=O)CCCC(C)C1C. The van der Waals surface area contributed by atoms with Gasteiger partial charge < -0.3 is 11.1 Å². The van der Waals surface area contributed by atoms with Gasteiger partial charge in [0.05, 0.1) is 0 Å². The van der Waals surface area contributed by atoms with Crippen molar-refractivity contribution in [3.05, 3.63) is 0 Å². The molecule has 16 heavy (non-hydrogen) atoms. The maximum atomic E-state index is 11.3. The van der Waals surface area contributed by atoms with Crippen LogP contribution in [0, 0.1) is 11.8 Å². The van der Waals surface area contributed by atoms with Gasteiger partial charge in [-0.15, -0.1) is 0 Å². The zero-order valence-electron chi connectivity index (χ0n) is 10.9. The molecule has 0 radical (unpaired) electrons. The second-order valence-corrected chi connectivity index (χ2v) is 5.38. The van der Waals surface area contributed by atoms with Crippen molar-refractivity contribution in [1.29, 1.82) is 0 Å². The summed E-state index contributed by atoms with van der Waals surface area (Å²) in [6.45, 7) is 7.68. The lowest BCUT2D eigenvalue weighted by Gasteiger charge is -2.46. The fourth-order valence-corrected chi connectivity index (χ4v) is 3.01. The standard InChI is InChI=1S/C13H26N2O/c1-4-8-15-13(9-12(14)16)7-5-6-10(2)11(13)3/h10-11,15H,4-9H2,1-3H3,(H2,14,16). The minimum atomic E-state index is -0.176. The van der Waals surface area contributed by atoms with E-state index in [1.807, 2.05) is 0 Å². The van der Waals surface area contributed by atoms with Crippen LogP contribution < -0.4 is 11.1 Å². The molecule has 3 unspecified atom stereocenters. The Labute approximate surface area is 99.2 Å². The van der Waals surface area contributed by atoms with Gasteiger partial charge in [-0.05, 0) is 31.2 Å². The van der Waals surface area contributed by atoms with Gasteiger partial charge in [0.25, 0.3) is 0 Å². The van der Waals surface area contributed by atoms with Crippen LogP contribution >= 0.6 is 0 Å². The van der Waals surface area contributed by atoms with Crippen LogP contribution in [0.1, 0.15) is 52.9 Å². The summed E-state index contributed by atoms with van der Waals surface area (Å²) < 4.78 is 0. The predicted octanol–water partition coefficient (Wildman–Crippen LogP) is 2.06. The van der Waals surface area contributed by atoms with Crippen LogP contribution in [0.15, 0.2) is 0 Å². The lowest BCUT2D eigenvalue weighted by molar-refractivity contribution is -0.120. The highest BCUT2D eigenvalue weighted by atomic mass is 16.1. The molecular weight excluding hydrogens is 200 g/mol. The predicted molar refractivity (Wildman–Crippen MR) is 67.0 cm³/mol. The maximum Gasteiger partial charge on any atom is 0.219 e. The maximum absolute atomic E-state index is 11.3. The molecule has 0 bridgehead atoms. The van der Waals surface area contributed by atoms with Crippen LogP contribution in [-0.4, -0.2) is 18.0 Å². The number of hydrogen-bond acceptors (Lipinski definition) is 2. The van der Waals surface area contributed by atoms with Gasteiger partial charge >= 0.3 is 0 Å². The number of carbonyl (C=O) groups excluding carboxylic acids is 1. The van der Waals surface area contributed by atoms with Crippen molar-refractivity contribution in [2.24, 2.45) is 17.6 Å². The highest BCUT2D eigenvalue weighted by molar-refractivity contribution is 5.75. The Balaban J connectivity index is 2.78. The zero-order valence-corrected chi connectivity index (χ0v) is 10.9. The molecule has 3 atom stereocenters. The number of nitrogens with two attached hydrogens (primary N) is 1. The Kier molecular flexibility index (Phi) is 4.78. The number of nitrogens with one attached hydrogen (secondary N) is 1. The molecule has 0 aromatic rings. The summed E-state index contributed by atoms with van der Waals surface area (Å²) >= 11 is 0. The summed E-state index contributed by atoms with van der Waals surface area (Å²) in [4.78, 5) is 11.3. The van der Waals surface area contributed by atoms with E-state index in [1.165, 1.54) is 12.8 Å². The lowest BCUT2D eigenvalue weighted by Crippen LogP contribution is -2.56. The molecule has 0 aromatic carbocycles. The molecule has 0 aromatic heterocycles. The number of rotatable bonds is 5. The summed E-state index contributed by atoms with van der Waals surface area (Å²) in [6.07, 6.45) is 5.15. The Bertz CT molecular complexity index is 242. The average molecular weight is 226 g/mol. The molecule has 1 amide bonds. The molecule has 0 saturated heterocycles. The van der Waals surface area contributed by atoms with Gasteiger partial charge in [-0.1, -0.05) is 33.6 Å². The van der Waals surface area contributed by atoms with E-state index in [0.29, 0.717) is 18.3 Å². The van der Waals surface area contributed by atoms with Crippen LogP contribution in [0.2, 0.25) is 0 Å². The minimum absolute atomic E-state index is 0.0422. The molecule has 3 heteroatoms. The number of amides is 1. The van der Waals surface area contributed by atoms with E-state index in [9.17, 15) is 4.79 Å². The van der Waals surface area contributed by atoms with E-state index in [4.69, 9.17) is 5.73 Å². The van der Waals surface area contributed by atoms with Gasteiger partial charge in [0.15, 0.2) is 0 Å². The normalized spacial score (nSPS) is 34.9. The summed E-state index contributed by atoms with van der Waals surface area (Å²) in [5.74, 6) is 1.03. The molecular formula is C13H26N2O. The molecule has 1 aliphatic carbocycles. The van der Waals surface area contributed by atoms with Crippen LogP contribution in [0.5, 0.6) is 0 Å². The van der Waals surface area contributed by atoms with Crippen molar-refractivity contribution in [3.63, 3.8) is 0 Å². The Hall–Kier alpha value is -0.570. The molecule has 0 aliphatic heterocycles. The largest absolute Gasteiger partial charge is 0.370 e. The summed E-state index contributed by atoms with van der Waals surface area (Å²) in [6, 6.07) is 0. The first-order valence-electron chi connectivity index (χ1n) is 6.55. The molecule has 0 heterocycles. The first-order chi connectivity index (χ1) is 7.52. The van der Waals surface area contributed by atoms with Crippen molar-refractivity contribution >= 4 is 5.91 Å². The van der Waals surface area contributed by atoms with Crippen LogP contribution in [0.4, 0.5) is 0 Å². The van der Waals surface area contributed by atoms with Gasteiger partial charge in [0.2, 0.25) is 5.91 Å². The third-order valence-corrected chi connectivity index (χ3v) is 4.22.